The van der Waals surface area contributed by atoms with Gasteiger partial charge in [0, 0.05) is 10.0 Å². The zero-order valence-electron chi connectivity index (χ0n) is 21.1. The van der Waals surface area contributed by atoms with Gasteiger partial charge in [0.1, 0.15) is 18.5 Å². The van der Waals surface area contributed by atoms with Crippen molar-refractivity contribution in [3.63, 3.8) is 0 Å². The Bertz CT molecular complexity index is 1280. The summed E-state index contributed by atoms with van der Waals surface area (Å²) in [5.74, 6) is -0.539. The highest BCUT2D eigenvalue weighted by atomic mass is 79.9. The maximum Gasteiger partial charge on any atom is 0.262 e. The molecule has 0 saturated carbocycles. The number of halogens is 3. The van der Waals surface area contributed by atoms with Crippen molar-refractivity contribution in [3.05, 3.63) is 92.1 Å². The quantitative estimate of drug-likeness (QED) is 0.191. The Morgan fingerprint density at radius 3 is 2.34 bits per heavy atom. The summed E-state index contributed by atoms with van der Waals surface area (Å²) in [6, 6.07) is 15.6. The summed E-state index contributed by atoms with van der Waals surface area (Å²) < 4.78 is 26.6. The second-order valence-corrected chi connectivity index (χ2v) is 10.4. The number of carbonyl (C=O) groups excluding carboxylic acids is 2. The molecule has 0 aliphatic carbocycles. The Balaban J connectivity index is 1.67. The van der Waals surface area contributed by atoms with E-state index in [1.165, 1.54) is 30.5 Å². The monoisotopic (exact) mass is 647 g/mol. The van der Waals surface area contributed by atoms with E-state index in [-0.39, 0.29) is 11.5 Å². The van der Waals surface area contributed by atoms with Gasteiger partial charge in [-0.25, -0.2) is 9.82 Å². The number of rotatable bonds is 11. The van der Waals surface area contributed by atoms with E-state index in [4.69, 9.17) is 9.47 Å². The van der Waals surface area contributed by atoms with Gasteiger partial charge in [-0.15, -0.1) is 0 Å². The number of hydrogen-bond donors (Lipinski definition) is 2. The highest BCUT2D eigenvalue weighted by Crippen LogP contribution is 2.37. The average molecular weight is 649 g/mol. The van der Waals surface area contributed by atoms with Gasteiger partial charge in [-0.1, -0.05) is 41.9 Å². The van der Waals surface area contributed by atoms with E-state index in [1.807, 2.05) is 31.2 Å². The van der Waals surface area contributed by atoms with E-state index < -0.39 is 23.7 Å². The summed E-state index contributed by atoms with van der Waals surface area (Å²) in [4.78, 5) is 25.3. The van der Waals surface area contributed by atoms with Crippen molar-refractivity contribution in [2.45, 2.75) is 33.4 Å². The van der Waals surface area contributed by atoms with Crippen molar-refractivity contribution in [3.8, 4) is 11.5 Å². The number of benzene rings is 3. The molecule has 1 unspecified atom stereocenters. The summed E-state index contributed by atoms with van der Waals surface area (Å²) >= 11 is 6.96. The fourth-order valence-electron chi connectivity index (χ4n) is 3.40. The Morgan fingerprint density at radius 2 is 1.71 bits per heavy atom. The Hall–Kier alpha value is -3.24. The molecule has 0 heterocycles. The molecule has 0 fully saturated rings. The van der Waals surface area contributed by atoms with Crippen LogP contribution in [-0.4, -0.2) is 30.7 Å². The molecule has 0 spiro atoms. The van der Waals surface area contributed by atoms with Crippen molar-refractivity contribution in [2.75, 3.05) is 6.61 Å². The lowest BCUT2D eigenvalue weighted by molar-refractivity contribution is -0.123. The first kappa shape index (κ1) is 29.3. The molecule has 10 heteroatoms. The Labute approximate surface area is 238 Å². The van der Waals surface area contributed by atoms with Crippen LogP contribution in [0.15, 0.2) is 74.7 Å². The fourth-order valence-corrected chi connectivity index (χ4v) is 4.24. The average Bonchev–Trinajstić information content (AvgIpc) is 2.88. The molecule has 7 nitrogen and oxygen atoms in total. The van der Waals surface area contributed by atoms with Crippen LogP contribution in [0.2, 0.25) is 0 Å². The van der Waals surface area contributed by atoms with Gasteiger partial charge in [-0.2, -0.15) is 5.10 Å². The van der Waals surface area contributed by atoms with Crippen LogP contribution in [0.4, 0.5) is 4.39 Å². The Morgan fingerprint density at radius 1 is 1.03 bits per heavy atom. The molecule has 3 aromatic carbocycles. The lowest BCUT2D eigenvalue weighted by Crippen LogP contribution is -2.48. The van der Waals surface area contributed by atoms with Crippen LogP contribution in [0, 0.1) is 11.7 Å². The van der Waals surface area contributed by atoms with Crippen molar-refractivity contribution < 1.29 is 23.5 Å². The summed E-state index contributed by atoms with van der Waals surface area (Å²) in [7, 11) is 0. The smallest absolute Gasteiger partial charge is 0.262 e. The molecule has 0 aliphatic rings. The largest absolute Gasteiger partial charge is 0.490 e. The molecule has 0 radical (unpaired) electrons. The van der Waals surface area contributed by atoms with Gasteiger partial charge in [0.2, 0.25) is 0 Å². The number of hydrazone groups is 1. The van der Waals surface area contributed by atoms with Crippen LogP contribution >= 0.6 is 31.9 Å². The summed E-state index contributed by atoms with van der Waals surface area (Å²) in [5, 5.41) is 6.74. The molecule has 0 aliphatic heterocycles. The van der Waals surface area contributed by atoms with E-state index in [0.29, 0.717) is 34.7 Å². The van der Waals surface area contributed by atoms with E-state index in [0.717, 1.165) is 10.0 Å². The molecule has 200 valence electrons. The second kappa shape index (κ2) is 14.1. The van der Waals surface area contributed by atoms with E-state index in [2.05, 4.69) is 47.7 Å². The summed E-state index contributed by atoms with van der Waals surface area (Å²) in [6.07, 6.45) is 1.48. The maximum atomic E-state index is 13.2. The number of nitrogens with zero attached hydrogens (tertiary/aromatic N) is 1. The number of ether oxygens (including phenoxy) is 2. The maximum absolute atomic E-state index is 13.2. The fraction of sp³-hybridized carbons (Fsp3) is 0.250. The normalized spacial score (nSPS) is 11.9. The predicted octanol–water partition coefficient (Wildman–Crippen LogP) is 6.23. The molecule has 3 aromatic rings. The van der Waals surface area contributed by atoms with Gasteiger partial charge >= 0.3 is 0 Å². The molecule has 3 rings (SSSR count). The molecule has 0 saturated heterocycles. The third-order valence-electron chi connectivity index (χ3n) is 5.36. The first-order valence-electron chi connectivity index (χ1n) is 11.9. The minimum Gasteiger partial charge on any atom is -0.490 e. The van der Waals surface area contributed by atoms with Crippen molar-refractivity contribution >= 4 is 49.9 Å². The van der Waals surface area contributed by atoms with Gasteiger partial charge in [-0.05, 0) is 88.4 Å². The number of amides is 2. The highest BCUT2D eigenvalue weighted by molar-refractivity contribution is 9.10. The number of hydrogen-bond acceptors (Lipinski definition) is 5. The van der Waals surface area contributed by atoms with E-state index in [1.54, 1.807) is 26.0 Å². The SMILES string of the molecule is CCOc1cc(C=NNC(=O)C(NC(=O)c2ccc(F)cc2)C(C)C)cc(Br)c1OCc1ccc(Br)cc1. The third kappa shape index (κ3) is 8.39. The third-order valence-corrected chi connectivity index (χ3v) is 6.48. The van der Waals surface area contributed by atoms with Crippen LogP contribution < -0.4 is 20.2 Å². The zero-order valence-corrected chi connectivity index (χ0v) is 24.3. The minimum atomic E-state index is -0.843. The second-order valence-electron chi connectivity index (χ2n) is 8.61. The Kier molecular flexibility index (Phi) is 10.8. The van der Waals surface area contributed by atoms with Crippen LogP contribution in [0.5, 0.6) is 11.5 Å². The minimum absolute atomic E-state index is 0.213. The topological polar surface area (TPSA) is 89.0 Å². The van der Waals surface area contributed by atoms with Gasteiger partial charge in [0.15, 0.2) is 11.5 Å². The lowest BCUT2D eigenvalue weighted by Gasteiger charge is -2.20. The standard InChI is InChI=1S/C28H28Br2FN3O4/c1-4-37-24-14-19(13-23(30)26(24)38-16-18-5-9-21(29)10-6-18)15-32-34-28(36)25(17(2)3)33-27(35)20-7-11-22(31)12-8-20/h5-15,17,25H,4,16H2,1-3H3,(H,33,35)(H,34,36). The van der Waals surface area contributed by atoms with Crippen LogP contribution in [-0.2, 0) is 11.4 Å². The molecule has 38 heavy (non-hydrogen) atoms. The molecular formula is C28H28Br2FN3O4. The van der Waals surface area contributed by atoms with Crippen molar-refractivity contribution in [2.24, 2.45) is 11.0 Å². The number of nitrogens with one attached hydrogen (secondary N) is 2. The molecule has 0 bridgehead atoms. The van der Waals surface area contributed by atoms with Crippen LogP contribution in [0.3, 0.4) is 0 Å². The first-order valence-corrected chi connectivity index (χ1v) is 13.5. The van der Waals surface area contributed by atoms with Gasteiger partial charge in [-0.3, -0.25) is 9.59 Å². The van der Waals surface area contributed by atoms with Gasteiger partial charge < -0.3 is 14.8 Å². The molecule has 2 amide bonds. The van der Waals surface area contributed by atoms with Gasteiger partial charge in [0.25, 0.3) is 11.8 Å². The van der Waals surface area contributed by atoms with Crippen LogP contribution in [0.25, 0.3) is 0 Å². The highest BCUT2D eigenvalue weighted by Gasteiger charge is 2.24. The molecular weight excluding hydrogens is 621 g/mol. The molecule has 2 N–H and O–H groups in total. The first-order chi connectivity index (χ1) is 18.2. The van der Waals surface area contributed by atoms with Crippen molar-refractivity contribution in [1.29, 1.82) is 0 Å². The summed E-state index contributed by atoms with van der Waals surface area (Å²) in [6.45, 7) is 6.27. The van der Waals surface area contributed by atoms with Crippen molar-refractivity contribution in [1.82, 2.24) is 10.7 Å². The number of carbonyl (C=O) groups is 2. The van der Waals surface area contributed by atoms with Crippen LogP contribution in [0.1, 0.15) is 42.3 Å². The van der Waals surface area contributed by atoms with Gasteiger partial charge in [0.05, 0.1) is 17.3 Å². The molecule has 0 aromatic heterocycles. The summed E-state index contributed by atoms with van der Waals surface area (Å²) in [5.41, 5.74) is 4.40. The van der Waals surface area contributed by atoms with E-state index >= 15 is 0 Å². The predicted molar refractivity (Wildman–Crippen MR) is 152 cm³/mol. The molecule has 1 atom stereocenters. The van der Waals surface area contributed by atoms with E-state index in [9.17, 15) is 14.0 Å². The zero-order chi connectivity index (χ0) is 27.7. The lowest BCUT2D eigenvalue weighted by atomic mass is 10.0.